The van der Waals surface area contributed by atoms with E-state index in [1.54, 1.807) is 0 Å². The number of hydrogen-bond acceptors (Lipinski definition) is 3. The van der Waals surface area contributed by atoms with Crippen LogP contribution in [-0.4, -0.2) is 53.8 Å². The number of nitrogens with zero attached hydrogens (tertiary/aromatic N) is 4. The molecule has 48 heavy (non-hydrogen) atoms. The molecule has 1 fully saturated rings. The number of fused-ring (bicyclic) bond motifs is 2. The molecule has 1 spiro atoms. The van der Waals surface area contributed by atoms with Crippen molar-refractivity contribution in [3.8, 4) is 11.5 Å². The van der Waals surface area contributed by atoms with E-state index in [2.05, 4.69) is 170 Å². The summed E-state index contributed by atoms with van der Waals surface area (Å²) in [6, 6.07) is 12.6. The van der Waals surface area contributed by atoms with E-state index in [9.17, 15) is 0 Å². The van der Waals surface area contributed by atoms with Crippen molar-refractivity contribution in [2.75, 3.05) is 25.5 Å². The summed E-state index contributed by atoms with van der Waals surface area (Å²) in [7, 11) is 4.16. The molecule has 1 aromatic heterocycles. The van der Waals surface area contributed by atoms with Gasteiger partial charge in [0, 0.05) is 57.7 Å². The molecule has 3 aliphatic heterocycles. The molecule has 256 valence electrons. The van der Waals surface area contributed by atoms with E-state index in [0.717, 1.165) is 49.4 Å². The Balaban J connectivity index is 1.39. The van der Waals surface area contributed by atoms with Gasteiger partial charge in [-0.05, 0) is 57.9 Å². The first kappa shape index (κ1) is 34.2. The zero-order valence-electron chi connectivity index (χ0n) is 31.9. The van der Waals surface area contributed by atoms with Crippen LogP contribution in [-0.2, 0) is 29.2 Å². The van der Waals surface area contributed by atoms with Crippen molar-refractivity contribution >= 4 is 18.1 Å². The highest BCUT2D eigenvalue weighted by Gasteiger charge is 2.75. The smallest absolute Gasteiger partial charge is 0.377 e. The predicted molar refractivity (Wildman–Crippen MR) is 197 cm³/mol. The fourth-order valence-electron chi connectivity index (χ4n) is 7.22. The Hall–Kier alpha value is -3.67. The monoisotopic (exact) mass is 651 g/mol. The summed E-state index contributed by atoms with van der Waals surface area (Å²) >= 11 is 0. The van der Waals surface area contributed by atoms with Gasteiger partial charge in [0.1, 0.15) is 6.54 Å². The molecular formula is C42H59N4O2+3. The van der Waals surface area contributed by atoms with Gasteiger partial charge in [0.25, 0.3) is 0 Å². The molecular weight excluding hydrogens is 592 g/mol. The molecule has 0 amide bonds. The first-order chi connectivity index (χ1) is 22.2. The van der Waals surface area contributed by atoms with Crippen LogP contribution in [0, 0.1) is 0 Å². The zero-order valence-corrected chi connectivity index (χ0v) is 31.9. The number of hydrogen-bond donors (Lipinski definition) is 0. The molecule has 6 rings (SSSR count). The predicted octanol–water partition coefficient (Wildman–Crippen LogP) is 7.71. The van der Waals surface area contributed by atoms with Crippen LogP contribution in [0.5, 0.6) is 11.5 Å². The van der Waals surface area contributed by atoms with Crippen molar-refractivity contribution in [2.45, 2.75) is 130 Å². The van der Waals surface area contributed by atoms with E-state index in [4.69, 9.17) is 9.47 Å². The van der Waals surface area contributed by atoms with Gasteiger partial charge in [0.2, 0.25) is 12.1 Å². The molecule has 2 aromatic carbocycles. The van der Waals surface area contributed by atoms with Crippen molar-refractivity contribution in [3.63, 3.8) is 0 Å². The molecule has 6 nitrogen and oxygen atoms in total. The van der Waals surface area contributed by atoms with Gasteiger partial charge in [-0.15, -0.1) is 0 Å². The molecule has 6 heteroatoms. The first-order valence-corrected chi connectivity index (χ1v) is 17.9. The maximum atomic E-state index is 7.26. The number of pyridine rings is 1. The molecule has 3 aromatic rings. The SMILES string of the molecule is CN(C)c1cc[n+](CCCCc2cc(C(C)(C)C)cc3c2C=[N+]2C(C)(C)C[N+]4=Cc5cc(C(C)(C)C)cc(C(C)(C)C)c5OC42O3)cc1. The summed E-state index contributed by atoms with van der Waals surface area (Å²) < 4.78 is 21.4. The standard InChI is InChI=1S/C42H59N4O2/c1-38(2,3)31-23-30-26-45-28-41(10,11)46-27-34-29(16-14-15-19-44-20-17-33(18-21-44)43(12)13)22-32(39(4,5)6)25-36(34)47-42(45,46)48-37(30)35(24-31)40(7,8)9/h17-18,20-27H,14-16,19,28H2,1-13H3/q+3. The third-order valence-corrected chi connectivity index (χ3v) is 10.3. The average Bonchev–Trinajstić information content (AvgIpc) is 3.19. The van der Waals surface area contributed by atoms with Gasteiger partial charge in [-0.1, -0.05) is 83.6 Å². The molecule has 0 aliphatic carbocycles. The maximum absolute atomic E-state index is 7.26. The number of aromatic nitrogens is 1. The van der Waals surface area contributed by atoms with E-state index in [1.165, 1.54) is 33.5 Å². The normalized spacial score (nSPS) is 19.6. The highest BCUT2D eigenvalue weighted by Crippen LogP contribution is 2.47. The molecule has 1 atom stereocenters. The van der Waals surface area contributed by atoms with E-state index >= 15 is 0 Å². The lowest BCUT2D eigenvalue weighted by atomic mass is 9.79. The molecule has 3 aliphatic rings. The molecule has 0 saturated carbocycles. The van der Waals surface area contributed by atoms with E-state index < -0.39 is 6.03 Å². The highest BCUT2D eigenvalue weighted by molar-refractivity contribution is 5.85. The van der Waals surface area contributed by atoms with Crippen LogP contribution in [0.3, 0.4) is 0 Å². The molecule has 1 saturated heterocycles. The summed E-state index contributed by atoms with van der Waals surface area (Å²) in [5, 5.41) is 0. The Labute approximate surface area is 289 Å². The van der Waals surface area contributed by atoms with Crippen molar-refractivity contribution in [1.29, 1.82) is 0 Å². The first-order valence-electron chi connectivity index (χ1n) is 17.9. The van der Waals surface area contributed by atoms with E-state index in [-0.39, 0.29) is 21.8 Å². The van der Waals surface area contributed by atoms with Gasteiger partial charge in [-0.2, -0.15) is 0 Å². The minimum absolute atomic E-state index is 0.0183. The van der Waals surface area contributed by atoms with Gasteiger partial charge >= 0.3 is 6.03 Å². The van der Waals surface area contributed by atoms with Crippen molar-refractivity contribution in [2.24, 2.45) is 0 Å². The number of anilines is 1. The Bertz CT molecular complexity index is 1790. The topological polar surface area (TPSA) is 31.6 Å². The second kappa shape index (κ2) is 11.5. The molecule has 0 bridgehead atoms. The molecule has 0 N–H and O–H groups in total. The lowest BCUT2D eigenvalue weighted by Crippen LogP contribution is -2.61. The number of unbranched alkanes of at least 4 members (excludes halogenated alkanes) is 1. The minimum atomic E-state index is -1.09. The minimum Gasteiger partial charge on any atom is -0.377 e. The van der Waals surface area contributed by atoms with Crippen LogP contribution in [0.4, 0.5) is 5.69 Å². The van der Waals surface area contributed by atoms with Crippen LogP contribution < -0.4 is 18.9 Å². The van der Waals surface area contributed by atoms with E-state index in [0.29, 0.717) is 0 Å². The van der Waals surface area contributed by atoms with Gasteiger partial charge in [0.15, 0.2) is 36.3 Å². The lowest BCUT2D eigenvalue weighted by Gasteiger charge is -2.33. The van der Waals surface area contributed by atoms with Gasteiger partial charge in [0.05, 0.1) is 11.1 Å². The number of benzene rings is 2. The van der Waals surface area contributed by atoms with Crippen LogP contribution >= 0.6 is 0 Å². The highest BCUT2D eigenvalue weighted by atomic mass is 16.7. The lowest BCUT2D eigenvalue weighted by molar-refractivity contribution is -0.867. The molecule has 4 heterocycles. The Kier molecular flexibility index (Phi) is 8.16. The third-order valence-electron chi connectivity index (χ3n) is 10.3. The molecule has 1 unspecified atom stereocenters. The summed E-state index contributed by atoms with van der Waals surface area (Å²) in [5.74, 6) is 1.83. The quantitative estimate of drug-likeness (QED) is 0.202. The number of ether oxygens (including phenoxy) is 2. The van der Waals surface area contributed by atoms with Gasteiger partial charge < -0.3 is 14.4 Å². The fraction of sp³-hybridized carbons (Fsp3) is 0.548. The maximum Gasteiger partial charge on any atom is 0.704 e. The summed E-state index contributed by atoms with van der Waals surface area (Å²) in [6.45, 7) is 27.0. The van der Waals surface area contributed by atoms with E-state index in [1.807, 2.05) is 0 Å². The number of rotatable bonds is 6. The number of aryl methyl sites for hydroxylation is 2. The largest absolute Gasteiger partial charge is 0.704 e. The second-order valence-corrected chi connectivity index (χ2v) is 18.2. The molecule has 0 radical (unpaired) electrons. The fourth-order valence-corrected chi connectivity index (χ4v) is 7.22. The zero-order chi connectivity index (χ0) is 35.0. The van der Waals surface area contributed by atoms with Crippen molar-refractivity contribution < 1.29 is 23.2 Å². The average molecular weight is 652 g/mol. The Morgan fingerprint density at radius 3 is 2.02 bits per heavy atom. The summed E-state index contributed by atoms with van der Waals surface area (Å²) in [6.07, 6.45) is 12.2. The van der Waals surface area contributed by atoms with Crippen molar-refractivity contribution in [1.82, 2.24) is 0 Å². The Morgan fingerprint density at radius 1 is 0.771 bits per heavy atom. The van der Waals surface area contributed by atoms with Crippen LogP contribution in [0.15, 0.2) is 48.8 Å². The van der Waals surface area contributed by atoms with Crippen LogP contribution in [0.2, 0.25) is 0 Å². The van der Waals surface area contributed by atoms with Crippen molar-refractivity contribution in [3.05, 3.63) is 82.2 Å². The van der Waals surface area contributed by atoms with Gasteiger partial charge in [-0.3, -0.25) is 0 Å². The van der Waals surface area contributed by atoms with Crippen LogP contribution in [0.25, 0.3) is 0 Å². The Morgan fingerprint density at radius 2 is 1.42 bits per heavy atom. The van der Waals surface area contributed by atoms with Gasteiger partial charge in [-0.25, -0.2) is 4.57 Å². The third kappa shape index (κ3) is 6.16. The van der Waals surface area contributed by atoms with Crippen LogP contribution in [0.1, 0.15) is 122 Å². The second-order valence-electron chi connectivity index (χ2n) is 18.2. The summed E-state index contributed by atoms with van der Waals surface area (Å²) in [5.41, 5.74) is 8.39. The summed E-state index contributed by atoms with van der Waals surface area (Å²) in [4.78, 5) is 2.14.